The van der Waals surface area contributed by atoms with Gasteiger partial charge in [0.25, 0.3) is 0 Å². The molecule has 21 heavy (non-hydrogen) atoms. The highest BCUT2D eigenvalue weighted by Gasteiger charge is 2.14. The number of rotatable bonds is 9. The zero-order chi connectivity index (χ0) is 15.6. The molecule has 124 valence electrons. The van der Waals surface area contributed by atoms with Gasteiger partial charge in [-0.15, -0.1) is 0 Å². The first kappa shape index (κ1) is 18.4. The summed E-state index contributed by atoms with van der Waals surface area (Å²) in [6.07, 6.45) is 7.37. The minimum absolute atomic E-state index is 0.0980. The van der Waals surface area contributed by atoms with Gasteiger partial charge in [-0.1, -0.05) is 25.7 Å². The maximum atomic E-state index is 11.7. The number of ether oxygens (including phenoxy) is 1. The van der Waals surface area contributed by atoms with Crippen molar-refractivity contribution in [3.63, 3.8) is 0 Å². The fraction of sp³-hybridized carbons (Fsp3) is 0.929. The predicted octanol–water partition coefficient (Wildman–Crippen LogP) is 1.17. The molecule has 0 unspecified atom stereocenters. The molecule has 1 fully saturated rings. The van der Waals surface area contributed by atoms with E-state index >= 15 is 0 Å². The van der Waals surface area contributed by atoms with Crippen LogP contribution in [0.2, 0.25) is 0 Å². The number of hydrogen-bond donors (Lipinski definition) is 2. The molecule has 2 N–H and O–H groups in total. The third-order valence-corrected chi connectivity index (χ3v) is 5.00. The number of hydrogen-bond acceptors (Lipinski definition) is 5. The largest absolute Gasteiger partial charge is 0.466 e. The minimum atomic E-state index is -3.40. The van der Waals surface area contributed by atoms with Gasteiger partial charge in [0.15, 0.2) is 0 Å². The number of carbonyl (C=O) groups excluding carboxylic acids is 1. The lowest BCUT2D eigenvalue weighted by molar-refractivity contribution is -0.142. The van der Waals surface area contributed by atoms with Crippen LogP contribution in [0.25, 0.3) is 0 Å². The van der Waals surface area contributed by atoms with Crippen LogP contribution in [0.4, 0.5) is 0 Å². The van der Waals surface area contributed by atoms with E-state index in [-0.39, 0.29) is 18.8 Å². The van der Waals surface area contributed by atoms with Crippen LogP contribution in [-0.2, 0) is 19.6 Å². The van der Waals surface area contributed by atoms with Crippen molar-refractivity contribution in [3.05, 3.63) is 0 Å². The first-order valence-corrected chi connectivity index (χ1v) is 9.55. The highest BCUT2D eigenvalue weighted by molar-refractivity contribution is 7.89. The van der Waals surface area contributed by atoms with Crippen LogP contribution in [0, 0.1) is 0 Å². The van der Waals surface area contributed by atoms with Gasteiger partial charge in [0.2, 0.25) is 10.0 Å². The third kappa shape index (κ3) is 9.06. The smallest absolute Gasteiger partial charge is 0.306 e. The molecule has 0 bridgehead atoms. The number of esters is 1. The lowest BCUT2D eigenvalue weighted by Crippen LogP contribution is -2.37. The molecule has 0 aliphatic heterocycles. The van der Waals surface area contributed by atoms with E-state index in [0.717, 1.165) is 0 Å². The molecule has 0 spiro atoms. The van der Waals surface area contributed by atoms with Crippen LogP contribution in [0.5, 0.6) is 0 Å². The summed E-state index contributed by atoms with van der Waals surface area (Å²) in [6.45, 7) is 2.96. The summed E-state index contributed by atoms with van der Waals surface area (Å²) in [5.74, 6) is -0.686. The Morgan fingerprint density at radius 2 is 1.81 bits per heavy atom. The molecule has 1 aliphatic carbocycles. The average Bonchev–Trinajstić information content (AvgIpc) is 2.71. The standard InChI is InChI=1S/C14H28N2O4S/c1-2-20-14(17)9-12-21(18,19)16-11-10-15-13-7-5-3-4-6-8-13/h13,15-16H,2-12H2,1H3. The molecular weight excluding hydrogens is 292 g/mol. The van der Waals surface area contributed by atoms with E-state index in [2.05, 4.69) is 10.0 Å². The molecule has 0 aromatic carbocycles. The second-order valence-electron chi connectivity index (χ2n) is 5.41. The average molecular weight is 320 g/mol. The molecule has 0 aromatic rings. The van der Waals surface area contributed by atoms with Gasteiger partial charge in [-0.2, -0.15) is 0 Å². The van der Waals surface area contributed by atoms with Gasteiger partial charge in [0.1, 0.15) is 0 Å². The van der Waals surface area contributed by atoms with Gasteiger partial charge in [-0.3, -0.25) is 4.79 Å². The molecule has 0 amide bonds. The molecule has 1 rings (SSSR count). The molecular formula is C14H28N2O4S. The molecule has 0 heterocycles. The van der Waals surface area contributed by atoms with E-state index in [0.29, 0.717) is 19.1 Å². The van der Waals surface area contributed by atoms with Crippen molar-refractivity contribution < 1.29 is 17.9 Å². The zero-order valence-electron chi connectivity index (χ0n) is 12.9. The molecule has 1 aliphatic rings. The summed E-state index contributed by atoms with van der Waals surface area (Å²) in [7, 11) is -3.40. The first-order chi connectivity index (χ1) is 10.0. The summed E-state index contributed by atoms with van der Waals surface area (Å²) in [5.41, 5.74) is 0. The van der Waals surface area contributed by atoms with Crippen molar-refractivity contribution in [2.45, 2.75) is 57.9 Å². The Labute approximate surface area is 128 Å². The molecule has 7 heteroatoms. The Morgan fingerprint density at radius 3 is 2.43 bits per heavy atom. The van der Waals surface area contributed by atoms with E-state index in [4.69, 9.17) is 4.74 Å². The second kappa shape index (κ2) is 10.1. The molecule has 1 saturated carbocycles. The minimum Gasteiger partial charge on any atom is -0.466 e. The second-order valence-corrected chi connectivity index (χ2v) is 7.34. The van der Waals surface area contributed by atoms with Crippen LogP contribution in [0.1, 0.15) is 51.9 Å². The number of nitrogens with one attached hydrogen (secondary N) is 2. The fourth-order valence-electron chi connectivity index (χ4n) is 2.49. The first-order valence-electron chi connectivity index (χ1n) is 7.90. The van der Waals surface area contributed by atoms with Crippen molar-refractivity contribution in [1.29, 1.82) is 0 Å². The summed E-state index contributed by atoms with van der Waals surface area (Å²) in [4.78, 5) is 11.1. The summed E-state index contributed by atoms with van der Waals surface area (Å²) < 4.78 is 30.6. The van der Waals surface area contributed by atoms with E-state index < -0.39 is 16.0 Å². The van der Waals surface area contributed by atoms with E-state index in [1.165, 1.54) is 38.5 Å². The molecule has 0 saturated heterocycles. The zero-order valence-corrected chi connectivity index (χ0v) is 13.7. The Morgan fingerprint density at radius 1 is 1.14 bits per heavy atom. The van der Waals surface area contributed by atoms with Crippen LogP contribution >= 0.6 is 0 Å². The molecule has 0 radical (unpaired) electrons. The molecule has 0 atom stereocenters. The van der Waals surface area contributed by atoms with Crippen molar-refractivity contribution in [2.24, 2.45) is 0 Å². The normalized spacial score (nSPS) is 17.4. The molecule has 0 aromatic heterocycles. The van der Waals surface area contributed by atoms with E-state index in [1.54, 1.807) is 6.92 Å². The number of sulfonamides is 1. The fourth-order valence-corrected chi connectivity index (χ4v) is 3.48. The number of carbonyl (C=O) groups is 1. The van der Waals surface area contributed by atoms with Gasteiger partial charge in [0.05, 0.1) is 18.8 Å². The highest BCUT2D eigenvalue weighted by Crippen LogP contribution is 2.16. The highest BCUT2D eigenvalue weighted by atomic mass is 32.2. The Bertz CT molecular complexity index is 390. The maximum absolute atomic E-state index is 11.7. The third-order valence-electron chi connectivity index (χ3n) is 3.62. The van der Waals surface area contributed by atoms with Crippen molar-refractivity contribution in [1.82, 2.24) is 10.0 Å². The van der Waals surface area contributed by atoms with Gasteiger partial charge in [-0.05, 0) is 19.8 Å². The van der Waals surface area contributed by atoms with Gasteiger partial charge in [0, 0.05) is 19.1 Å². The maximum Gasteiger partial charge on any atom is 0.306 e. The van der Waals surface area contributed by atoms with Gasteiger partial charge in [-0.25, -0.2) is 13.1 Å². The topological polar surface area (TPSA) is 84.5 Å². The predicted molar refractivity (Wildman–Crippen MR) is 82.5 cm³/mol. The van der Waals surface area contributed by atoms with Crippen molar-refractivity contribution in [3.8, 4) is 0 Å². The van der Waals surface area contributed by atoms with Crippen LogP contribution in [-0.4, -0.2) is 45.9 Å². The van der Waals surface area contributed by atoms with Crippen LogP contribution in [0.3, 0.4) is 0 Å². The van der Waals surface area contributed by atoms with Crippen molar-refractivity contribution in [2.75, 3.05) is 25.4 Å². The Hall–Kier alpha value is -0.660. The van der Waals surface area contributed by atoms with Gasteiger partial charge >= 0.3 is 5.97 Å². The SMILES string of the molecule is CCOC(=O)CCS(=O)(=O)NCCNC1CCCCCC1. The quantitative estimate of drug-likeness (QED) is 0.378. The van der Waals surface area contributed by atoms with E-state index in [1.807, 2.05) is 0 Å². The Kier molecular flexibility index (Phi) is 8.87. The monoisotopic (exact) mass is 320 g/mol. The lowest BCUT2D eigenvalue weighted by atomic mass is 10.1. The van der Waals surface area contributed by atoms with Crippen molar-refractivity contribution >= 4 is 16.0 Å². The Balaban J connectivity index is 2.13. The van der Waals surface area contributed by atoms with Crippen LogP contribution in [0.15, 0.2) is 0 Å². The molecule has 6 nitrogen and oxygen atoms in total. The summed E-state index contributed by atoms with van der Waals surface area (Å²) in [5, 5.41) is 3.40. The van der Waals surface area contributed by atoms with Gasteiger partial charge < -0.3 is 10.1 Å². The summed E-state index contributed by atoms with van der Waals surface area (Å²) in [6, 6.07) is 0.511. The summed E-state index contributed by atoms with van der Waals surface area (Å²) >= 11 is 0. The lowest BCUT2D eigenvalue weighted by Gasteiger charge is -2.16. The van der Waals surface area contributed by atoms with E-state index in [9.17, 15) is 13.2 Å². The van der Waals surface area contributed by atoms with Crippen LogP contribution < -0.4 is 10.0 Å².